The first kappa shape index (κ1) is 15.3. The van der Waals surface area contributed by atoms with Gasteiger partial charge in [0.1, 0.15) is 8.07 Å². The van der Waals surface area contributed by atoms with Gasteiger partial charge in [-0.2, -0.15) is 0 Å². The Kier molecular flexibility index (Phi) is 5.04. The molecule has 1 aliphatic rings. The van der Waals surface area contributed by atoms with Crippen LogP contribution in [0.25, 0.3) is 0 Å². The summed E-state index contributed by atoms with van der Waals surface area (Å²) in [7, 11) is 0.869. The summed E-state index contributed by atoms with van der Waals surface area (Å²) < 4.78 is 0. The predicted molar refractivity (Wildman–Crippen MR) is 89.4 cm³/mol. The van der Waals surface area contributed by atoms with E-state index in [4.69, 9.17) is 0 Å². The summed E-state index contributed by atoms with van der Waals surface area (Å²) in [5.41, 5.74) is 4.90. The molecule has 20 heavy (non-hydrogen) atoms. The SMILES string of the molecule is CN1CCN(C(C#C[Si](C)(C)C)c2ccccc2)CC1. The molecule has 2 rings (SSSR count). The van der Waals surface area contributed by atoms with E-state index in [0.29, 0.717) is 0 Å². The van der Waals surface area contributed by atoms with Crippen LogP contribution in [0.4, 0.5) is 0 Å². The predicted octanol–water partition coefficient (Wildman–Crippen LogP) is 2.86. The summed E-state index contributed by atoms with van der Waals surface area (Å²) in [6.45, 7) is 11.4. The number of benzene rings is 1. The third kappa shape index (κ3) is 4.48. The number of hydrogen-bond acceptors (Lipinski definition) is 2. The number of piperazine rings is 1. The van der Waals surface area contributed by atoms with Crippen LogP contribution >= 0.6 is 0 Å². The van der Waals surface area contributed by atoms with Crippen molar-refractivity contribution >= 4 is 8.07 Å². The Morgan fingerprint density at radius 1 is 1.00 bits per heavy atom. The van der Waals surface area contributed by atoms with E-state index in [1.54, 1.807) is 0 Å². The summed E-state index contributed by atoms with van der Waals surface area (Å²) in [4.78, 5) is 4.92. The summed E-state index contributed by atoms with van der Waals surface area (Å²) in [5.74, 6) is 3.58. The molecule has 1 atom stereocenters. The molecule has 0 aliphatic carbocycles. The van der Waals surface area contributed by atoms with Crippen LogP contribution in [0.3, 0.4) is 0 Å². The lowest BCUT2D eigenvalue weighted by Gasteiger charge is -2.36. The van der Waals surface area contributed by atoms with Crippen LogP contribution in [0.2, 0.25) is 19.6 Å². The average Bonchev–Trinajstić information content (AvgIpc) is 2.41. The van der Waals surface area contributed by atoms with Gasteiger partial charge in [-0.15, -0.1) is 5.54 Å². The standard InChI is InChI=1S/C17H26N2Si/c1-18-11-13-19(14-12-18)17(10-15-20(2,3)4)16-8-6-5-7-9-16/h5-9,17H,11-14H2,1-4H3. The topological polar surface area (TPSA) is 6.48 Å². The van der Waals surface area contributed by atoms with Gasteiger partial charge in [0.25, 0.3) is 0 Å². The number of hydrogen-bond donors (Lipinski definition) is 0. The van der Waals surface area contributed by atoms with Crippen molar-refractivity contribution < 1.29 is 0 Å². The number of rotatable bonds is 2. The molecule has 0 spiro atoms. The highest BCUT2D eigenvalue weighted by atomic mass is 28.3. The molecule has 1 aliphatic heterocycles. The lowest BCUT2D eigenvalue weighted by molar-refractivity contribution is 0.133. The molecule has 1 fully saturated rings. The first-order valence-electron chi connectivity index (χ1n) is 7.46. The number of nitrogens with zero attached hydrogens (tertiary/aromatic N) is 2. The molecule has 0 radical (unpaired) electrons. The first-order valence-corrected chi connectivity index (χ1v) is 11.0. The Balaban J connectivity index is 2.22. The van der Waals surface area contributed by atoms with Gasteiger partial charge in [0.2, 0.25) is 0 Å². The summed E-state index contributed by atoms with van der Waals surface area (Å²) in [6.07, 6.45) is 0. The highest BCUT2D eigenvalue weighted by Crippen LogP contribution is 2.21. The fourth-order valence-electron chi connectivity index (χ4n) is 2.39. The van der Waals surface area contributed by atoms with Crippen LogP contribution in [0.15, 0.2) is 30.3 Å². The van der Waals surface area contributed by atoms with Gasteiger partial charge >= 0.3 is 0 Å². The van der Waals surface area contributed by atoms with E-state index in [9.17, 15) is 0 Å². The van der Waals surface area contributed by atoms with Crippen molar-refractivity contribution in [2.24, 2.45) is 0 Å². The van der Waals surface area contributed by atoms with Crippen molar-refractivity contribution in [1.82, 2.24) is 9.80 Å². The molecule has 1 aromatic carbocycles. The third-order valence-electron chi connectivity index (χ3n) is 3.60. The molecule has 0 saturated carbocycles. The van der Waals surface area contributed by atoms with E-state index in [1.165, 1.54) is 5.56 Å². The van der Waals surface area contributed by atoms with Crippen LogP contribution in [0.5, 0.6) is 0 Å². The smallest absolute Gasteiger partial charge is 0.129 e. The van der Waals surface area contributed by atoms with Crippen molar-refractivity contribution in [3.8, 4) is 11.5 Å². The van der Waals surface area contributed by atoms with Gasteiger partial charge in [-0.05, 0) is 12.6 Å². The summed E-state index contributed by atoms with van der Waals surface area (Å²) >= 11 is 0. The van der Waals surface area contributed by atoms with E-state index >= 15 is 0 Å². The van der Waals surface area contributed by atoms with Gasteiger partial charge in [0.15, 0.2) is 0 Å². The van der Waals surface area contributed by atoms with E-state index in [2.05, 4.69) is 78.3 Å². The monoisotopic (exact) mass is 286 g/mol. The molecule has 1 saturated heterocycles. The van der Waals surface area contributed by atoms with Gasteiger partial charge < -0.3 is 4.90 Å². The fraction of sp³-hybridized carbons (Fsp3) is 0.529. The molecule has 108 valence electrons. The van der Waals surface area contributed by atoms with Crippen LogP contribution in [0, 0.1) is 11.5 Å². The quantitative estimate of drug-likeness (QED) is 0.609. The lowest BCUT2D eigenvalue weighted by atomic mass is 10.1. The largest absolute Gasteiger partial charge is 0.304 e. The van der Waals surface area contributed by atoms with Crippen molar-refractivity contribution in [2.45, 2.75) is 25.7 Å². The zero-order valence-corrected chi connectivity index (χ0v) is 14.2. The molecule has 1 unspecified atom stereocenters. The van der Waals surface area contributed by atoms with Gasteiger partial charge in [0, 0.05) is 26.2 Å². The second kappa shape index (κ2) is 6.58. The minimum atomic E-state index is -1.33. The van der Waals surface area contributed by atoms with Crippen molar-refractivity contribution in [2.75, 3.05) is 33.2 Å². The molecule has 0 bridgehead atoms. The molecule has 1 heterocycles. The minimum absolute atomic E-state index is 0.261. The molecule has 0 aromatic heterocycles. The van der Waals surface area contributed by atoms with E-state index in [0.717, 1.165) is 26.2 Å². The maximum absolute atomic E-state index is 3.58. The van der Waals surface area contributed by atoms with Crippen LogP contribution < -0.4 is 0 Å². The van der Waals surface area contributed by atoms with Crippen LogP contribution in [0.1, 0.15) is 11.6 Å². The first-order chi connectivity index (χ1) is 9.46. The molecular formula is C17H26N2Si. The van der Waals surface area contributed by atoms with Crippen molar-refractivity contribution in [3.05, 3.63) is 35.9 Å². The lowest BCUT2D eigenvalue weighted by Crippen LogP contribution is -2.45. The zero-order chi connectivity index (χ0) is 14.6. The molecule has 0 amide bonds. The normalized spacial score (nSPS) is 19.2. The van der Waals surface area contributed by atoms with Gasteiger partial charge in [0.05, 0.1) is 6.04 Å². The Morgan fingerprint density at radius 3 is 2.15 bits per heavy atom. The molecule has 2 nitrogen and oxygen atoms in total. The molecule has 1 aromatic rings. The van der Waals surface area contributed by atoms with Gasteiger partial charge in [-0.1, -0.05) is 55.9 Å². The van der Waals surface area contributed by atoms with E-state index in [1.807, 2.05) is 0 Å². The second-order valence-corrected chi connectivity index (χ2v) is 11.4. The Hall–Kier alpha value is -1.08. The Bertz CT molecular complexity index is 473. The Labute approximate surface area is 124 Å². The maximum Gasteiger partial charge on any atom is 0.129 e. The molecular weight excluding hydrogens is 260 g/mol. The minimum Gasteiger partial charge on any atom is -0.304 e. The summed E-state index contributed by atoms with van der Waals surface area (Å²) in [5, 5.41) is 0. The van der Waals surface area contributed by atoms with E-state index < -0.39 is 8.07 Å². The van der Waals surface area contributed by atoms with Crippen molar-refractivity contribution in [1.29, 1.82) is 0 Å². The second-order valence-electron chi connectivity index (χ2n) is 6.67. The molecule has 3 heteroatoms. The summed E-state index contributed by atoms with van der Waals surface area (Å²) in [6, 6.07) is 11.0. The molecule has 0 N–H and O–H groups in total. The highest BCUT2D eigenvalue weighted by molar-refractivity contribution is 6.83. The fourth-order valence-corrected chi connectivity index (χ4v) is 2.96. The third-order valence-corrected chi connectivity index (χ3v) is 4.50. The van der Waals surface area contributed by atoms with Crippen molar-refractivity contribution in [3.63, 3.8) is 0 Å². The van der Waals surface area contributed by atoms with E-state index in [-0.39, 0.29) is 6.04 Å². The average molecular weight is 286 g/mol. The van der Waals surface area contributed by atoms with Gasteiger partial charge in [-0.3, -0.25) is 4.90 Å². The Morgan fingerprint density at radius 2 is 1.60 bits per heavy atom. The van der Waals surface area contributed by atoms with Gasteiger partial charge in [-0.25, -0.2) is 0 Å². The van der Waals surface area contributed by atoms with Crippen LogP contribution in [-0.2, 0) is 0 Å². The zero-order valence-electron chi connectivity index (χ0n) is 13.2. The van der Waals surface area contributed by atoms with Crippen LogP contribution in [-0.4, -0.2) is 51.1 Å². The number of likely N-dealkylation sites (N-methyl/N-ethyl adjacent to an activating group) is 1. The maximum atomic E-state index is 3.58. The highest BCUT2D eigenvalue weighted by Gasteiger charge is 2.22.